The Labute approximate surface area is 107 Å². The van der Waals surface area contributed by atoms with E-state index in [1.54, 1.807) is 0 Å². The van der Waals surface area contributed by atoms with E-state index in [0.717, 1.165) is 6.07 Å². The number of sulfonamides is 1. The molecule has 10 heteroatoms. The third-order valence-corrected chi connectivity index (χ3v) is 4.98. The van der Waals surface area contributed by atoms with Gasteiger partial charge in [0, 0.05) is 19.7 Å². The number of rotatable bonds is 6. The zero-order valence-electron chi connectivity index (χ0n) is 8.67. The van der Waals surface area contributed by atoms with Gasteiger partial charge in [0.1, 0.15) is 4.21 Å². The highest BCUT2D eigenvalue weighted by molar-refractivity contribution is 7.91. The molecule has 17 heavy (non-hydrogen) atoms. The van der Waals surface area contributed by atoms with E-state index in [1.807, 2.05) is 0 Å². The zero-order valence-corrected chi connectivity index (χ0v) is 11.1. The maximum absolute atomic E-state index is 11.7. The summed E-state index contributed by atoms with van der Waals surface area (Å²) < 4.78 is 29.9. The van der Waals surface area contributed by atoms with Crippen molar-refractivity contribution >= 4 is 38.6 Å². The van der Waals surface area contributed by atoms with Crippen LogP contribution in [0.4, 0.5) is 5.69 Å². The van der Waals surface area contributed by atoms with Gasteiger partial charge in [0.25, 0.3) is 5.69 Å². The van der Waals surface area contributed by atoms with Gasteiger partial charge in [0.2, 0.25) is 10.0 Å². The molecule has 1 N–H and O–H groups in total. The molecule has 0 aliphatic rings. The Morgan fingerprint density at radius 1 is 1.65 bits per heavy atom. The highest BCUT2D eigenvalue weighted by Crippen LogP contribution is 2.35. The summed E-state index contributed by atoms with van der Waals surface area (Å²) in [6.45, 7) is 0.294. The minimum absolute atomic E-state index is 0.0855. The molecule has 0 atom stereocenters. The molecule has 0 saturated carbocycles. The first-order valence-corrected chi connectivity index (χ1v) is 6.98. The number of nitrogens with one attached hydrogen (secondary N) is 1. The quantitative estimate of drug-likeness (QED) is 0.484. The fraction of sp³-hybridized carbons (Fsp3) is 0.429. The summed E-state index contributed by atoms with van der Waals surface area (Å²) in [6, 6.07) is 0.933. The van der Waals surface area contributed by atoms with Crippen molar-refractivity contribution in [1.82, 2.24) is 4.72 Å². The van der Waals surface area contributed by atoms with Gasteiger partial charge in [-0.05, 0) is 0 Å². The maximum atomic E-state index is 11.7. The van der Waals surface area contributed by atoms with E-state index >= 15 is 0 Å². The van der Waals surface area contributed by atoms with Crippen LogP contribution in [0.1, 0.15) is 0 Å². The largest absolute Gasteiger partial charge is 0.383 e. The lowest BCUT2D eigenvalue weighted by Gasteiger charge is -2.02. The third-order valence-electron chi connectivity index (χ3n) is 1.71. The Morgan fingerprint density at radius 2 is 2.29 bits per heavy atom. The standard InChI is InChI=1S/C7H9ClN2O5S2/c1-15-3-2-9-17(13,14)6-4-5(10(11)12)7(8)16-6/h4,9H,2-3H2,1H3. The molecule has 0 aromatic carbocycles. The summed E-state index contributed by atoms with van der Waals surface area (Å²) in [4.78, 5) is 9.79. The smallest absolute Gasteiger partial charge is 0.300 e. The van der Waals surface area contributed by atoms with Gasteiger partial charge in [-0.15, -0.1) is 11.3 Å². The normalized spacial score (nSPS) is 11.6. The lowest BCUT2D eigenvalue weighted by Crippen LogP contribution is -2.26. The molecule has 7 nitrogen and oxygen atoms in total. The second kappa shape index (κ2) is 5.74. The van der Waals surface area contributed by atoms with Crippen molar-refractivity contribution < 1.29 is 18.1 Å². The molecule has 0 aliphatic heterocycles. The Morgan fingerprint density at radius 3 is 2.76 bits per heavy atom. The van der Waals surface area contributed by atoms with Crippen LogP contribution in [0, 0.1) is 10.1 Å². The molecule has 1 heterocycles. The molecule has 0 spiro atoms. The molecule has 0 aliphatic carbocycles. The molecule has 0 saturated heterocycles. The summed E-state index contributed by atoms with van der Waals surface area (Å²) in [5.41, 5.74) is -0.413. The Bertz CT molecular complexity index is 512. The topological polar surface area (TPSA) is 98.5 Å². The van der Waals surface area contributed by atoms with Crippen LogP contribution in [0.3, 0.4) is 0 Å². The number of halogens is 1. The molecule has 1 rings (SSSR count). The van der Waals surface area contributed by atoms with Gasteiger partial charge < -0.3 is 4.74 Å². The zero-order chi connectivity index (χ0) is 13.1. The number of ether oxygens (including phenoxy) is 1. The van der Waals surface area contributed by atoms with E-state index in [4.69, 9.17) is 11.6 Å². The van der Waals surface area contributed by atoms with Gasteiger partial charge in [-0.1, -0.05) is 11.6 Å². The number of nitrogens with zero attached hydrogens (tertiary/aromatic N) is 1. The van der Waals surface area contributed by atoms with E-state index < -0.39 is 20.6 Å². The molecular formula is C7H9ClN2O5S2. The van der Waals surface area contributed by atoms with Crippen LogP contribution in [-0.4, -0.2) is 33.6 Å². The van der Waals surface area contributed by atoms with Crippen molar-refractivity contribution in [1.29, 1.82) is 0 Å². The maximum Gasteiger partial charge on any atom is 0.300 e. The second-order valence-electron chi connectivity index (χ2n) is 2.87. The molecule has 1 aromatic rings. The van der Waals surface area contributed by atoms with E-state index in [9.17, 15) is 18.5 Å². The lowest BCUT2D eigenvalue weighted by atomic mass is 10.6. The van der Waals surface area contributed by atoms with Gasteiger partial charge in [-0.25, -0.2) is 13.1 Å². The molecular weight excluding hydrogens is 292 g/mol. The van der Waals surface area contributed by atoms with E-state index in [2.05, 4.69) is 9.46 Å². The molecule has 0 bridgehead atoms. The molecule has 0 fully saturated rings. The minimum Gasteiger partial charge on any atom is -0.383 e. The fourth-order valence-electron chi connectivity index (χ4n) is 0.945. The second-order valence-corrected chi connectivity index (χ2v) is 6.52. The molecule has 1 aromatic heterocycles. The monoisotopic (exact) mass is 300 g/mol. The Hall–Kier alpha value is -0.740. The first-order chi connectivity index (χ1) is 7.88. The fourth-order valence-corrected chi connectivity index (χ4v) is 3.67. The van der Waals surface area contributed by atoms with E-state index in [-0.39, 0.29) is 21.7 Å². The highest BCUT2D eigenvalue weighted by Gasteiger charge is 2.24. The average Bonchev–Trinajstić information content (AvgIpc) is 2.61. The van der Waals surface area contributed by atoms with Crippen LogP contribution in [-0.2, 0) is 14.8 Å². The summed E-state index contributed by atoms with van der Waals surface area (Å²) in [5, 5.41) is 10.5. The van der Waals surface area contributed by atoms with Crippen molar-refractivity contribution in [3.8, 4) is 0 Å². The van der Waals surface area contributed by atoms with Crippen LogP contribution in [0.2, 0.25) is 4.34 Å². The predicted octanol–water partition coefficient (Wildman–Crippen LogP) is 1.23. The van der Waals surface area contributed by atoms with E-state index in [0.29, 0.717) is 11.3 Å². The van der Waals surface area contributed by atoms with Crippen molar-refractivity contribution in [2.24, 2.45) is 0 Å². The van der Waals surface area contributed by atoms with Crippen LogP contribution < -0.4 is 4.72 Å². The van der Waals surface area contributed by atoms with Crippen molar-refractivity contribution in [3.63, 3.8) is 0 Å². The van der Waals surface area contributed by atoms with Gasteiger partial charge in [-0.3, -0.25) is 10.1 Å². The molecule has 0 amide bonds. The third kappa shape index (κ3) is 3.61. The predicted molar refractivity (Wildman–Crippen MR) is 63.0 cm³/mol. The number of nitro groups is 1. The molecule has 0 unspecified atom stereocenters. The summed E-state index contributed by atoms with van der Waals surface area (Å²) >= 11 is 6.21. The number of methoxy groups -OCH3 is 1. The van der Waals surface area contributed by atoms with Crippen molar-refractivity contribution in [2.75, 3.05) is 20.3 Å². The van der Waals surface area contributed by atoms with Gasteiger partial charge in [0.05, 0.1) is 11.5 Å². The number of hydrogen-bond acceptors (Lipinski definition) is 6. The lowest BCUT2D eigenvalue weighted by molar-refractivity contribution is -0.384. The first kappa shape index (κ1) is 14.3. The van der Waals surface area contributed by atoms with Crippen LogP contribution in [0.15, 0.2) is 10.3 Å². The minimum atomic E-state index is -3.77. The summed E-state index contributed by atoms with van der Waals surface area (Å²) in [5.74, 6) is 0. The average molecular weight is 301 g/mol. The summed E-state index contributed by atoms with van der Waals surface area (Å²) in [7, 11) is -2.34. The SMILES string of the molecule is COCCNS(=O)(=O)c1cc([N+](=O)[O-])c(Cl)s1. The Balaban J connectivity index is 2.92. The molecule has 96 valence electrons. The van der Waals surface area contributed by atoms with Crippen LogP contribution in [0.25, 0.3) is 0 Å². The van der Waals surface area contributed by atoms with Gasteiger partial charge in [0.15, 0.2) is 4.34 Å². The van der Waals surface area contributed by atoms with Crippen LogP contribution >= 0.6 is 22.9 Å². The number of thiophene rings is 1. The Kier molecular flexibility index (Phi) is 4.83. The van der Waals surface area contributed by atoms with Crippen molar-refractivity contribution in [3.05, 3.63) is 20.5 Å². The highest BCUT2D eigenvalue weighted by atomic mass is 35.5. The van der Waals surface area contributed by atoms with E-state index in [1.165, 1.54) is 7.11 Å². The van der Waals surface area contributed by atoms with Gasteiger partial charge in [-0.2, -0.15) is 0 Å². The summed E-state index contributed by atoms with van der Waals surface area (Å²) in [6.07, 6.45) is 0. The van der Waals surface area contributed by atoms with Crippen molar-refractivity contribution in [2.45, 2.75) is 4.21 Å². The first-order valence-electron chi connectivity index (χ1n) is 4.31. The van der Waals surface area contributed by atoms with Crippen LogP contribution in [0.5, 0.6) is 0 Å². The van der Waals surface area contributed by atoms with Gasteiger partial charge >= 0.3 is 0 Å². The molecule has 0 radical (unpaired) electrons. The number of hydrogen-bond donors (Lipinski definition) is 1.